The molecule has 1 aromatic carbocycles. The van der Waals surface area contributed by atoms with Crippen LogP contribution in [-0.2, 0) is 22.6 Å². The summed E-state index contributed by atoms with van der Waals surface area (Å²) in [4.78, 5) is 41.5. The zero-order valence-electron chi connectivity index (χ0n) is 16.9. The minimum atomic E-state index is -0.395. The van der Waals surface area contributed by atoms with Gasteiger partial charge in [0.25, 0.3) is 5.56 Å². The number of hydrogen-bond donors (Lipinski definition) is 2. The van der Waals surface area contributed by atoms with E-state index < -0.39 is 5.92 Å². The molecule has 9 heteroatoms. The fourth-order valence-corrected chi connectivity index (χ4v) is 4.40. The van der Waals surface area contributed by atoms with E-state index in [4.69, 9.17) is 4.74 Å². The molecule has 1 unspecified atom stereocenters. The normalized spacial score (nSPS) is 15.4. The smallest absolute Gasteiger partial charge is 0.257 e. The molecule has 1 aliphatic rings. The summed E-state index contributed by atoms with van der Waals surface area (Å²) >= 11 is 1.41. The summed E-state index contributed by atoms with van der Waals surface area (Å²) in [5, 5.41) is 6.21. The number of carbonyl (C=O) groups excluding carboxylic acids is 2. The molecule has 0 saturated carbocycles. The Morgan fingerprint density at radius 2 is 2.10 bits per heavy atom. The molecule has 0 radical (unpaired) electrons. The fraction of sp³-hybridized carbons (Fsp3) is 0.400. The molecule has 0 aliphatic carbocycles. The molecule has 2 amide bonds. The highest BCUT2D eigenvalue weighted by Crippen LogP contribution is 2.30. The predicted molar refractivity (Wildman–Crippen MR) is 113 cm³/mol. The van der Waals surface area contributed by atoms with Crippen LogP contribution in [0, 0.1) is 12.8 Å². The van der Waals surface area contributed by atoms with Crippen molar-refractivity contribution in [3.05, 3.63) is 39.8 Å². The SMILES string of the molecule is CCc1c(C)nc2n(c1=O)CC(C(=O)Nc1cc(NC(C)=O)ccc1OC)CS2. The first-order valence-corrected chi connectivity index (χ1v) is 10.3. The zero-order chi connectivity index (χ0) is 21.1. The van der Waals surface area contributed by atoms with Crippen molar-refractivity contribution in [3.8, 4) is 5.75 Å². The lowest BCUT2D eigenvalue weighted by molar-refractivity contribution is -0.119. The molecule has 1 aliphatic heterocycles. The van der Waals surface area contributed by atoms with Gasteiger partial charge in [0, 0.05) is 36.2 Å². The van der Waals surface area contributed by atoms with Gasteiger partial charge in [-0.2, -0.15) is 0 Å². The van der Waals surface area contributed by atoms with Gasteiger partial charge in [-0.3, -0.25) is 19.0 Å². The van der Waals surface area contributed by atoms with Crippen molar-refractivity contribution in [2.75, 3.05) is 23.5 Å². The summed E-state index contributed by atoms with van der Waals surface area (Å²) in [6.07, 6.45) is 0.604. The van der Waals surface area contributed by atoms with E-state index in [1.165, 1.54) is 25.8 Å². The van der Waals surface area contributed by atoms with Crippen LogP contribution in [-0.4, -0.2) is 34.2 Å². The monoisotopic (exact) mass is 416 g/mol. The van der Waals surface area contributed by atoms with Crippen LogP contribution in [0.4, 0.5) is 11.4 Å². The largest absolute Gasteiger partial charge is 0.495 e. The number of nitrogens with zero attached hydrogens (tertiary/aromatic N) is 2. The van der Waals surface area contributed by atoms with E-state index in [0.29, 0.717) is 40.0 Å². The molecule has 2 N–H and O–H groups in total. The highest BCUT2D eigenvalue weighted by Gasteiger charge is 2.28. The van der Waals surface area contributed by atoms with E-state index in [1.807, 2.05) is 13.8 Å². The van der Waals surface area contributed by atoms with Crippen molar-refractivity contribution >= 4 is 35.0 Å². The Balaban J connectivity index is 1.83. The number of hydrogen-bond acceptors (Lipinski definition) is 6. The van der Waals surface area contributed by atoms with Crippen LogP contribution in [0.3, 0.4) is 0 Å². The van der Waals surface area contributed by atoms with E-state index >= 15 is 0 Å². The molecule has 3 rings (SSSR count). The first-order chi connectivity index (χ1) is 13.8. The summed E-state index contributed by atoms with van der Waals surface area (Å²) in [6.45, 7) is 5.46. The number of rotatable bonds is 5. The Morgan fingerprint density at radius 1 is 1.34 bits per heavy atom. The van der Waals surface area contributed by atoms with Gasteiger partial charge in [0.15, 0.2) is 5.16 Å². The number of benzene rings is 1. The van der Waals surface area contributed by atoms with Gasteiger partial charge in [-0.1, -0.05) is 18.7 Å². The van der Waals surface area contributed by atoms with E-state index in [2.05, 4.69) is 15.6 Å². The number of carbonyl (C=O) groups is 2. The third-order valence-corrected chi connectivity index (χ3v) is 5.89. The lowest BCUT2D eigenvalue weighted by atomic mass is 10.1. The van der Waals surface area contributed by atoms with Gasteiger partial charge < -0.3 is 15.4 Å². The van der Waals surface area contributed by atoms with Crippen LogP contribution in [0.1, 0.15) is 25.1 Å². The third-order valence-electron chi connectivity index (χ3n) is 4.75. The summed E-state index contributed by atoms with van der Waals surface area (Å²) in [5.41, 5.74) is 2.37. The summed E-state index contributed by atoms with van der Waals surface area (Å²) < 4.78 is 6.91. The van der Waals surface area contributed by atoms with Gasteiger partial charge in [-0.15, -0.1) is 0 Å². The molecule has 1 aromatic heterocycles. The molecular weight excluding hydrogens is 392 g/mol. The molecule has 0 fully saturated rings. The van der Waals surface area contributed by atoms with Gasteiger partial charge in [0.05, 0.1) is 18.7 Å². The molecule has 154 valence electrons. The number of ether oxygens (including phenoxy) is 1. The molecule has 29 heavy (non-hydrogen) atoms. The number of aromatic nitrogens is 2. The second kappa shape index (κ2) is 8.69. The number of nitrogens with one attached hydrogen (secondary N) is 2. The predicted octanol–water partition coefficient (Wildman–Crippen LogP) is 2.44. The second-order valence-corrected chi connectivity index (χ2v) is 7.81. The van der Waals surface area contributed by atoms with Gasteiger partial charge >= 0.3 is 0 Å². The van der Waals surface area contributed by atoms with Gasteiger partial charge in [0.2, 0.25) is 11.8 Å². The molecule has 2 heterocycles. The van der Waals surface area contributed by atoms with Crippen molar-refractivity contribution in [1.29, 1.82) is 0 Å². The molecular formula is C20H24N4O4S. The van der Waals surface area contributed by atoms with E-state index in [-0.39, 0.29) is 23.9 Å². The maximum atomic E-state index is 12.9. The van der Waals surface area contributed by atoms with Gasteiger partial charge in [-0.25, -0.2) is 4.98 Å². The number of fused-ring (bicyclic) bond motifs is 1. The Morgan fingerprint density at radius 3 is 2.76 bits per heavy atom. The topological polar surface area (TPSA) is 102 Å². The maximum Gasteiger partial charge on any atom is 0.257 e. The Labute approximate surface area is 173 Å². The molecule has 0 spiro atoms. The van der Waals surface area contributed by atoms with Crippen molar-refractivity contribution in [3.63, 3.8) is 0 Å². The van der Waals surface area contributed by atoms with Crippen LogP contribution in [0.25, 0.3) is 0 Å². The molecule has 1 atom stereocenters. The van der Waals surface area contributed by atoms with Crippen LogP contribution >= 0.6 is 11.8 Å². The van der Waals surface area contributed by atoms with Crippen molar-refractivity contribution in [2.24, 2.45) is 5.92 Å². The lowest BCUT2D eigenvalue weighted by Gasteiger charge is -2.25. The molecule has 0 bridgehead atoms. The van der Waals surface area contributed by atoms with Crippen molar-refractivity contribution in [1.82, 2.24) is 9.55 Å². The van der Waals surface area contributed by atoms with Crippen LogP contribution in [0.15, 0.2) is 28.2 Å². The van der Waals surface area contributed by atoms with Crippen molar-refractivity contribution in [2.45, 2.75) is 38.9 Å². The molecule has 8 nitrogen and oxygen atoms in total. The molecule has 2 aromatic rings. The highest BCUT2D eigenvalue weighted by molar-refractivity contribution is 7.99. The number of aryl methyl sites for hydroxylation is 1. The number of methoxy groups -OCH3 is 1. The van der Waals surface area contributed by atoms with Gasteiger partial charge in [0.1, 0.15) is 5.75 Å². The van der Waals surface area contributed by atoms with Gasteiger partial charge in [-0.05, 0) is 31.5 Å². The fourth-order valence-electron chi connectivity index (χ4n) is 3.28. The first-order valence-electron chi connectivity index (χ1n) is 9.33. The highest BCUT2D eigenvalue weighted by atomic mass is 32.2. The van der Waals surface area contributed by atoms with E-state index in [0.717, 1.165) is 5.69 Å². The van der Waals surface area contributed by atoms with E-state index in [1.54, 1.807) is 22.8 Å². The zero-order valence-corrected chi connectivity index (χ0v) is 17.7. The second-order valence-electron chi connectivity index (χ2n) is 6.82. The minimum absolute atomic E-state index is 0.0785. The Kier molecular flexibility index (Phi) is 6.26. The standard InChI is InChI=1S/C20H24N4O4S/c1-5-15-11(2)21-20-24(19(15)27)9-13(10-29-20)18(26)23-16-8-14(22-12(3)25)6-7-17(16)28-4/h6-8,13H,5,9-10H2,1-4H3,(H,22,25)(H,23,26). The lowest BCUT2D eigenvalue weighted by Crippen LogP contribution is -2.38. The minimum Gasteiger partial charge on any atom is -0.495 e. The first kappa shape index (κ1) is 20.9. The quantitative estimate of drug-likeness (QED) is 0.726. The van der Waals surface area contributed by atoms with Crippen LogP contribution < -0.4 is 20.9 Å². The number of thioether (sulfide) groups is 1. The summed E-state index contributed by atoms with van der Waals surface area (Å²) in [5.74, 6) is 0.192. The van der Waals surface area contributed by atoms with Crippen LogP contribution in [0.5, 0.6) is 5.75 Å². The Bertz CT molecular complexity index is 1020. The average molecular weight is 417 g/mol. The maximum absolute atomic E-state index is 12.9. The summed E-state index contributed by atoms with van der Waals surface area (Å²) in [7, 11) is 1.51. The average Bonchev–Trinajstić information content (AvgIpc) is 2.68. The number of amides is 2. The molecule has 0 saturated heterocycles. The third kappa shape index (κ3) is 4.45. The van der Waals surface area contributed by atoms with Crippen LogP contribution in [0.2, 0.25) is 0 Å². The Hall–Kier alpha value is -2.81. The number of anilines is 2. The van der Waals surface area contributed by atoms with E-state index in [9.17, 15) is 14.4 Å². The summed E-state index contributed by atoms with van der Waals surface area (Å²) in [6, 6.07) is 5.02. The van der Waals surface area contributed by atoms with Crippen molar-refractivity contribution < 1.29 is 14.3 Å².